The summed E-state index contributed by atoms with van der Waals surface area (Å²) in [7, 11) is 0. The molecule has 0 heterocycles. The summed E-state index contributed by atoms with van der Waals surface area (Å²) in [6.07, 6.45) is 0. The van der Waals surface area contributed by atoms with Crippen LogP contribution >= 0.6 is 22.6 Å². The zero-order valence-corrected chi connectivity index (χ0v) is 11.4. The number of carbonyl (C=O) groups excluding carboxylic acids is 2. The summed E-state index contributed by atoms with van der Waals surface area (Å²) in [6, 6.07) is 6.85. The third-order valence-electron chi connectivity index (χ3n) is 1.95. The molecule has 0 fully saturated rings. The Balaban J connectivity index is 2.39. The van der Waals surface area contributed by atoms with Crippen LogP contribution in [0.25, 0.3) is 0 Å². The van der Waals surface area contributed by atoms with Gasteiger partial charge in [-0.3, -0.25) is 14.4 Å². The summed E-state index contributed by atoms with van der Waals surface area (Å²) >= 11 is 2.12. The summed E-state index contributed by atoms with van der Waals surface area (Å²) < 4.78 is 1.00. The van der Waals surface area contributed by atoms with E-state index in [9.17, 15) is 14.4 Å². The summed E-state index contributed by atoms with van der Waals surface area (Å²) in [4.78, 5) is 32.9. The second kappa shape index (κ2) is 6.94. The van der Waals surface area contributed by atoms with Gasteiger partial charge in [0, 0.05) is 9.13 Å². The van der Waals surface area contributed by atoms with Crippen molar-refractivity contribution in [1.82, 2.24) is 10.6 Å². The quantitative estimate of drug-likeness (QED) is 0.654. The van der Waals surface area contributed by atoms with Crippen LogP contribution in [0.15, 0.2) is 24.3 Å². The van der Waals surface area contributed by atoms with Crippen molar-refractivity contribution in [3.05, 3.63) is 33.4 Å². The van der Waals surface area contributed by atoms with Gasteiger partial charge in [0.1, 0.15) is 6.54 Å². The van der Waals surface area contributed by atoms with Crippen molar-refractivity contribution in [3.63, 3.8) is 0 Å². The Labute approximate surface area is 117 Å². The normalized spacial score (nSPS) is 9.61. The van der Waals surface area contributed by atoms with E-state index in [1.807, 2.05) is 0 Å². The molecule has 1 rings (SSSR count). The third-order valence-corrected chi connectivity index (χ3v) is 2.67. The highest BCUT2D eigenvalue weighted by atomic mass is 127. The molecule has 0 spiro atoms. The molecule has 0 aromatic heterocycles. The highest BCUT2D eigenvalue weighted by Gasteiger charge is 2.08. The number of amides is 2. The van der Waals surface area contributed by atoms with Crippen molar-refractivity contribution in [2.75, 3.05) is 13.1 Å². The largest absolute Gasteiger partial charge is 0.480 e. The van der Waals surface area contributed by atoms with E-state index in [1.54, 1.807) is 24.3 Å². The van der Waals surface area contributed by atoms with Crippen LogP contribution in [0.2, 0.25) is 0 Å². The second-order valence-corrected chi connectivity index (χ2v) is 4.61. The standard InChI is InChI=1S/C11H11IN2O4/c12-8-3-1-7(2-4-8)11(18)14-5-9(15)13-6-10(16)17/h1-4H,5-6H2,(H,13,15)(H,14,18)(H,16,17). The lowest BCUT2D eigenvalue weighted by Crippen LogP contribution is -2.39. The van der Waals surface area contributed by atoms with E-state index in [0.717, 1.165) is 3.57 Å². The monoisotopic (exact) mass is 362 g/mol. The Morgan fingerprint density at radius 3 is 2.22 bits per heavy atom. The van der Waals surface area contributed by atoms with Gasteiger partial charge in [0.05, 0.1) is 6.54 Å². The molecule has 0 aliphatic rings. The molecule has 0 saturated carbocycles. The van der Waals surface area contributed by atoms with Gasteiger partial charge in [-0.05, 0) is 46.9 Å². The minimum absolute atomic E-state index is 0.252. The van der Waals surface area contributed by atoms with Gasteiger partial charge < -0.3 is 15.7 Å². The maximum Gasteiger partial charge on any atom is 0.322 e. The van der Waals surface area contributed by atoms with Crippen LogP contribution in [-0.4, -0.2) is 36.0 Å². The van der Waals surface area contributed by atoms with E-state index in [1.165, 1.54) is 0 Å². The molecule has 0 aliphatic carbocycles. The van der Waals surface area contributed by atoms with E-state index < -0.39 is 18.4 Å². The van der Waals surface area contributed by atoms with Crippen molar-refractivity contribution in [1.29, 1.82) is 0 Å². The first-order valence-corrected chi connectivity index (χ1v) is 6.09. The van der Waals surface area contributed by atoms with E-state index >= 15 is 0 Å². The van der Waals surface area contributed by atoms with Crippen LogP contribution in [0.3, 0.4) is 0 Å². The zero-order valence-electron chi connectivity index (χ0n) is 9.27. The predicted molar refractivity (Wildman–Crippen MR) is 72.1 cm³/mol. The number of hydrogen-bond donors (Lipinski definition) is 3. The lowest BCUT2D eigenvalue weighted by Gasteiger charge is -2.05. The molecule has 7 heteroatoms. The van der Waals surface area contributed by atoms with Crippen molar-refractivity contribution < 1.29 is 19.5 Å². The summed E-state index contributed by atoms with van der Waals surface area (Å²) in [5.74, 6) is -2.06. The molecule has 1 aromatic rings. The Kier molecular flexibility index (Phi) is 5.56. The fourth-order valence-electron chi connectivity index (χ4n) is 1.10. The van der Waals surface area contributed by atoms with Gasteiger partial charge in [-0.1, -0.05) is 0 Å². The highest BCUT2D eigenvalue weighted by Crippen LogP contribution is 2.06. The predicted octanol–water partition coefficient (Wildman–Crippen LogP) is 0.222. The first kappa shape index (κ1) is 14.4. The van der Waals surface area contributed by atoms with Crippen LogP contribution in [0.1, 0.15) is 10.4 Å². The maximum absolute atomic E-state index is 11.6. The highest BCUT2D eigenvalue weighted by molar-refractivity contribution is 14.1. The number of nitrogens with one attached hydrogen (secondary N) is 2. The van der Waals surface area contributed by atoms with Crippen molar-refractivity contribution >= 4 is 40.4 Å². The number of carboxylic acid groups (broad SMARTS) is 1. The smallest absolute Gasteiger partial charge is 0.322 e. The van der Waals surface area contributed by atoms with Gasteiger partial charge >= 0.3 is 5.97 Å². The molecule has 0 radical (unpaired) electrons. The molecule has 0 aliphatic heterocycles. The number of rotatable bonds is 5. The van der Waals surface area contributed by atoms with E-state index in [4.69, 9.17) is 5.11 Å². The number of hydrogen-bond acceptors (Lipinski definition) is 3. The topological polar surface area (TPSA) is 95.5 Å². The molecule has 0 unspecified atom stereocenters. The maximum atomic E-state index is 11.6. The van der Waals surface area contributed by atoms with Crippen molar-refractivity contribution in [2.24, 2.45) is 0 Å². The Morgan fingerprint density at radius 2 is 1.67 bits per heavy atom. The fourth-order valence-corrected chi connectivity index (χ4v) is 1.46. The third kappa shape index (κ3) is 5.13. The lowest BCUT2D eigenvalue weighted by molar-refractivity contribution is -0.137. The van der Waals surface area contributed by atoms with Gasteiger partial charge in [0.2, 0.25) is 5.91 Å². The van der Waals surface area contributed by atoms with Crippen LogP contribution in [0.4, 0.5) is 0 Å². The molecule has 6 nitrogen and oxygen atoms in total. The van der Waals surface area contributed by atoms with Crippen molar-refractivity contribution in [2.45, 2.75) is 0 Å². The van der Waals surface area contributed by atoms with Gasteiger partial charge in [-0.25, -0.2) is 0 Å². The SMILES string of the molecule is O=C(O)CNC(=O)CNC(=O)c1ccc(I)cc1. The molecule has 0 bridgehead atoms. The molecule has 18 heavy (non-hydrogen) atoms. The van der Waals surface area contributed by atoms with E-state index in [2.05, 4.69) is 33.2 Å². The molecular formula is C11H11IN2O4. The zero-order chi connectivity index (χ0) is 13.5. The molecule has 2 amide bonds. The number of benzene rings is 1. The summed E-state index contributed by atoms with van der Waals surface area (Å²) in [6.45, 7) is -0.712. The van der Waals surface area contributed by atoms with Gasteiger partial charge in [0.15, 0.2) is 0 Å². The second-order valence-electron chi connectivity index (χ2n) is 3.36. The van der Waals surface area contributed by atoms with Gasteiger partial charge in [0.25, 0.3) is 5.91 Å². The number of carboxylic acids is 1. The van der Waals surface area contributed by atoms with E-state index in [0.29, 0.717) is 5.56 Å². The summed E-state index contributed by atoms with van der Waals surface area (Å²) in [5.41, 5.74) is 0.446. The minimum Gasteiger partial charge on any atom is -0.480 e. The molecule has 0 atom stereocenters. The Morgan fingerprint density at radius 1 is 1.06 bits per heavy atom. The number of halogens is 1. The Hall–Kier alpha value is -1.64. The Bertz CT molecular complexity index is 459. The van der Waals surface area contributed by atoms with Crippen LogP contribution in [0.5, 0.6) is 0 Å². The summed E-state index contributed by atoms with van der Waals surface area (Å²) in [5, 5.41) is 12.9. The number of carbonyl (C=O) groups is 3. The van der Waals surface area contributed by atoms with Crippen molar-refractivity contribution in [3.8, 4) is 0 Å². The molecule has 3 N–H and O–H groups in total. The molecule has 96 valence electrons. The average molecular weight is 362 g/mol. The molecular weight excluding hydrogens is 351 g/mol. The fraction of sp³-hybridized carbons (Fsp3) is 0.182. The molecule has 0 saturated heterocycles. The number of aliphatic carboxylic acids is 1. The van der Waals surface area contributed by atoms with Gasteiger partial charge in [-0.15, -0.1) is 0 Å². The van der Waals surface area contributed by atoms with Crippen LogP contribution in [0, 0.1) is 3.57 Å². The average Bonchev–Trinajstić information content (AvgIpc) is 2.34. The van der Waals surface area contributed by atoms with Crippen LogP contribution < -0.4 is 10.6 Å². The van der Waals surface area contributed by atoms with Crippen LogP contribution in [-0.2, 0) is 9.59 Å². The molecule has 1 aromatic carbocycles. The van der Waals surface area contributed by atoms with Gasteiger partial charge in [-0.2, -0.15) is 0 Å². The minimum atomic E-state index is -1.13. The first-order chi connectivity index (χ1) is 8.49. The first-order valence-electron chi connectivity index (χ1n) is 5.01. The lowest BCUT2D eigenvalue weighted by atomic mass is 10.2. The van der Waals surface area contributed by atoms with E-state index in [-0.39, 0.29) is 12.5 Å².